The van der Waals surface area contributed by atoms with Gasteiger partial charge in [-0.1, -0.05) is 42.5 Å². The average molecular weight is 380 g/mol. The minimum atomic E-state index is -0.673. The molecule has 1 heterocycles. The van der Waals surface area contributed by atoms with E-state index in [0.717, 1.165) is 5.56 Å². The van der Waals surface area contributed by atoms with Gasteiger partial charge in [-0.25, -0.2) is 0 Å². The van der Waals surface area contributed by atoms with Crippen LogP contribution in [0.15, 0.2) is 60.2 Å². The maximum Gasteiger partial charge on any atom is 0.295 e. The van der Waals surface area contributed by atoms with Crippen LogP contribution in [0.5, 0.6) is 5.75 Å². The van der Waals surface area contributed by atoms with Gasteiger partial charge in [0, 0.05) is 18.7 Å². The van der Waals surface area contributed by atoms with Gasteiger partial charge in [-0.2, -0.15) is 0 Å². The number of likely N-dealkylation sites (tertiary alicyclic amines) is 1. The summed E-state index contributed by atoms with van der Waals surface area (Å²) in [6, 6.07) is 15.4. The van der Waals surface area contributed by atoms with Crippen LogP contribution < -0.4 is 4.74 Å². The Bertz CT molecular complexity index is 906. The first-order chi connectivity index (χ1) is 13.4. The highest BCUT2D eigenvalue weighted by atomic mass is 16.5. The van der Waals surface area contributed by atoms with Crippen LogP contribution in [-0.2, 0) is 9.59 Å². The molecule has 1 aliphatic heterocycles. The van der Waals surface area contributed by atoms with Crippen molar-refractivity contribution >= 4 is 17.4 Å². The summed E-state index contributed by atoms with van der Waals surface area (Å²) in [4.78, 5) is 29.1. The summed E-state index contributed by atoms with van der Waals surface area (Å²) in [5.41, 5.74) is 1.32. The number of hydrogen-bond donors (Lipinski definition) is 1. The number of aliphatic hydroxyl groups excluding tert-OH is 1. The van der Waals surface area contributed by atoms with Gasteiger partial charge in [0.05, 0.1) is 18.7 Å². The van der Waals surface area contributed by atoms with Crippen molar-refractivity contribution in [1.82, 2.24) is 9.80 Å². The zero-order valence-electron chi connectivity index (χ0n) is 16.3. The van der Waals surface area contributed by atoms with Crippen LogP contribution in [-0.4, -0.2) is 60.9 Å². The fourth-order valence-electron chi connectivity index (χ4n) is 3.33. The Labute approximate surface area is 164 Å². The van der Waals surface area contributed by atoms with Crippen molar-refractivity contribution in [3.05, 3.63) is 71.3 Å². The summed E-state index contributed by atoms with van der Waals surface area (Å²) in [7, 11) is 5.37. The van der Waals surface area contributed by atoms with Gasteiger partial charge in [0.25, 0.3) is 11.7 Å². The summed E-state index contributed by atoms with van der Waals surface area (Å²) in [6.07, 6.45) is 0. The molecule has 0 aliphatic carbocycles. The van der Waals surface area contributed by atoms with Gasteiger partial charge < -0.3 is 19.6 Å². The number of ketones is 1. The molecule has 1 N–H and O–H groups in total. The molecule has 146 valence electrons. The Hall–Kier alpha value is -3.12. The standard InChI is InChI=1S/C22H24N2O4/c1-23(2)12-13-24-19(16-10-7-11-17(14-16)28-3)18(21(26)22(24)27)20(25)15-8-5-4-6-9-15/h4-11,14,19,25H,12-13H2,1-3H3/t19-/m0/s1. The number of carbonyl (C=O) groups excluding carboxylic acids is 2. The lowest BCUT2D eigenvalue weighted by molar-refractivity contribution is -0.140. The minimum absolute atomic E-state index is 0.100. The summed E-state index contributed by atoms with van der Waals surface area (Å²) in [5.74, 6) is -0.824. The fraction of sp³-hybridized carbons (Fsp3) is 0.273. The van der Waals surface area contributed by atoms with E-state index < -0.39 is 17.7 Å². The van der Waals surface area contributed by atoms with Crippen LogP contribution in [0.1, 0.15) is 17.2 Å². The third-order valence-corrected chi connectivity index (χ3v) is 4.78. The number of amides is 1. The molecule has 3 rings (SSSR count). The van der Waals surface area contributed by atoms with Crippen LogP contribution in [0.25, 0.3) is 5.76 Å². The Morgan fingerprint density at radius 1 is 1.11 bits per heavy atom. The quantitative estimate of drug-likeness (QED) is 0.474. The van der Waals surface area contributed by atoms with E-state index in [4.69, 9.17) is 4.74 Å². The summed E-state index contributed by atoms with van der Waals surface area (Å²) < 4.78 is 5.31. The Morgan fingerprint density at radius 2 is 1.82 bits per heavy atom. The lowest BCUT2D eigenvalue weighted by Crippen LogP contribution is -2.35. The first-order valence-corrected chi connectivity index (χ1v) is 9.06. The third-order valence-electron chi connectivity index (χ3n) is 4.78. The van der Waals surface area contributed by atoms with E-state index in [9.17, 15) is 14.7 Å². The lowest BCUT2D eigenvalue weighted by atomic mass is 9.95. The second kappa shape index (κ2) is 8.27. The molecule has 2 aromatic carbocycles. The molecule has 0 spiro atoms. The highest BCUT2D eigenvalue weighted by Crippen LogP contribution is 2.40. The van der Waals surface area contributed by atoms with Crippen molar-refractivity contribution in [2.24, 2.45) is 0 Å². The highest BCUT2D eigenvalue weighted by molar-refractivity contribution is 6.46. The predicted molar refractivity (Wildman–Crippen MR) is 107 cm³/mol. The van der Waals surface area contributed by atoms with Gasteiger partial charge >= 0.3 is 0 Å². The van der Waals surface area contributed by atoms with E-state index in [1.807, 2.05) is 37.2 Å². The van der Waals surface area contributed by atoms with E-state index >= 15 is 0 Å². The first-order valence-electron chi connectivity index (χ1n) is 9.06. The van der Waals surface area contributed by atoms with E-state index in [1.54, 1.807) is 43.5 Å². The number of aliphatic hydroxyl groups is 1. The molecule has 1 atom stereocenters. The average Bonchev–Trinajstić information content (AvgIpc) is 2.97. The highest BCUT2D eigenvalue weighted by Gasteiger charge is 2.45. The van der Waals surface area contributed by atoms with Crippen LogP contribution in [0.4, 0.5) is 0 Å². The first kappa shape index (κ1) is 19.6. The molecule has 0 bridgehead atoms. The number of Topliss-reactive ketones (excluding diaryl/α,β-unsaturated/α-hetero) is 1. The van der Waals surface area contributed by atoms with Crippen molar-refractivity contribution in [2.75, 3.05) is 34.3 Å². The van der Waals surface area contributed by atoms with Crippen molar-refractivity contribution < 1.29 is 19.4 Å². The second-order valence-corrected chi connectivity index (χ2v) is 6.94. The summed E-state index contributed by atoms with van der Waals surface area (Å²) >= 11 is 0. The number of ether oxygens (including phenoxy) is 1. The van der Waals surface area contributed by atoms with Crippen molar-refractivity contribution in [3.8, 4) is 5.75 Å². The topological polar surface area (TPSA) is 70.1 Å². The summed E-state index contributed by atoms with van der Waals surface area (Å²) in [6.45, 7) is 0.962. The minimum Gasteiger partial charge on any atom is -0.507 e. The Balaban J connectivity index is 2.15. The lowest BCUT2D eigenvalue weighted by Gasteiger charge is -2.26. The number of likely N-dealkylation sites (N-methyl/N-ethyl adjacent to an activating group) is 1. The van der Waals surface area contributed by atoms with Gasteiger partial charge in [-0.3, -0.25) is 9.59 Å². The molecule has 28 heavy (non-hydrogen) atoms. The Kier molecular flexibility index (Phi) is 5.80. The fourth-order valence-corrected chi connectivity index (χ4v) is 3.33. The molecule has 1 fully saturated rings. The molecule has 1 amide bonds. The van der Waals surface area contributed by atoms with Gasteiger partial charge in [-0.15, -0.1) is 0 Å². The molecule has 0 aromatic heterocycles. The van der Waals surface area contributed by atoms with Gasteiger partial charge in [0.15, 0.2) is 0 Å². The van der Waals surface area contributed by atoms with E-state index in [0.29, 0.717) is 24.4 Å². The van der Waals surface area contributed by atoms with Crippen LogP contribution in [0.3, 0.4) is 0 Å². The number of carbonyl (C=O) groups is 2. The second-order valence-electron chi connectivity index (χ2n) is 6.94. The van der Waals surface area contributed by atoms with E-state index in [2.05, 4.69) is 0 Å². The van der Waals surface area contributed by atoms with Crippen molar-refractivity contribution in [3.63, 3.8) is 0 Å². The number of benzene rings is 2. The molecular weight excluding hydrogens is 356 g/mol. The van der Waals surface area contributed by atoms with Crippen molar-refractivity contribution in [1.29, 1.82) is 0 Å². The predicted octanol–water partition coefficient (Wildman–Crippen LogP) is 2.68. The number of methoxy groups -OCH3 is 1. The summed E-state index contributed by atoms with van der Waals surface area (Å²) in [5, 5.41) is 10.9. The van der Waals surface area contributed by atoms with Crippen molar-refractivity contribution in [2.45, 2.75) is 6.04 Å². The zero-order chi connectivity index (χ0) is 20.3. The number of hydrogen-bond acceptors (Lipinski definition) is 5. The monoisotopic (exact) mass is 380 g/mol. The molecule has 0 unspecified atom stereocenters. The Morgan fingerprint density at radius 3 is 2.46 bits per heavy atom. The molecular formula is C22H24N2O4. The molecule has 0 radical (unpaired) electrons. The molecule has 2 aromatic rings. The van der Waals surface area contributed by atoms with Gasteiger partial charge in [0.2, 0.25) is 0 Å². The van der Waals surface area contributed by atoms with Gasteiger partial charge in [-0.05, 0) is 31.8 Å². The van der Waals surface area contributed by atoms with Crippen LogP contribution in [0, 0.1) is 0 Å². The zero-order valence-corrected chi connectivity index (χ0v) is 16.3. The number of rotatable bonds is 6. The largest absolute Gasteiger partial charge is 0.507 e. The molecule has 6 nitrogen and oxygen atoms in total. The maximum absolute atomic E-state index is 12.9. The SMILES string of the molecule is COc1cccc([C@H]2C(=C(O)c3ccccc3)C(=O)C(=O)N2CCN(C)C)c1. The smallest absolute Gasteiger partial charge is 0.295 e. The van der Waals surface area contributed by atoms with E-state index in [-0.39, 0.29) is 11.3 Å². The van der Waals surface area contributed by atoms with E-state index in [1.165, 1.54) is 4.90 Å². The maximum atomic E-state index is 12.9. The van der Waals surface area contributed by atoms with Crippen LogP contribution in [0.2, 0.25) is 0 Å². The van der Waals surface area contributed by atoms with Crippen LogP contribution >= 0.6 is 0 Å². The number of nitrogens with zero attached hydrogens (tertiary/aromatic N) is 2. The normalized spacial score (nSPS) is 18.7. The third kappa shape index (κ3) is 3.77. The molecule has 1 saturated heterocycles. The van der Waals surface area contributed by atoms with Gasteiger partial charge in [0.1, 0.15) is 11.5 Å². The molecule has 1 aliphatic rings. The molecule has 6 heteroatoms. The molecule has 0 saturated carbocycles.